The lowest BCUT2D eigenvalue weighted by Crippen LogP contribution is -2.39. The highest BCUT2D eigenvalue weighted by molar-refractivity contribution is 5.87. The quantitative estimate of drug-likeness (QED) is 0.665. The van der Waals surface area contributed by atoms with Gasteiger partial charge in [-0.1, -0.05) is 12.1 Å². The molecule has 2 atom stereocenters. The maximum Gasteiger partial charge on any atom is 0.316 e. The lowest BCUT2D eigenvalue weighted by molar-refractivity contribution is -0.122. The number of benzene rings is 1. The number of nitrogens with one attached hydrogen (secondary N) is 2. The van der Waals surface area contributed by atoms with Crippen molar-refractivity contribution >= 4 is 30.0 Å². The molecule has 6 N–H and O–H groups in total. The Morgan fingerprint density at radius 3 is 2.11 bits per heavy atom. The van der Waals surface area contributed by atoms with Crippen molar-refractivity contribution in [3.63, 3.8) is 0 Å². The van der Waals surface area contributed by atoms with Gasteiger partial charge in [-0.3, -0.25) is 4.79 Å². The van der Waals surface area contributed by atoms with Gasteiger partial charge >= 0.3 is 6.03 Å². The highest BCUT2D eigenvalue weighted by atomic mass is 35.5. The van der Waals surface area contributed by atoms with Crippen LogP contribution in [0.15, 0.2) is 24.3 Å². The Kier molecular flexibility index (Phi) is 6.89. The van der Waals surface area contributed by atoms with Gasteiger partial charge in [-0.15, -0.1) is 12.4 Å². The molecule has 0 saturated carbocycles. The van der Waals surface area contributed by atoms with Gasteiger partial charge in [0.2, 0.25) is 5.91 Å². The van der Waals surface area contributed by atoms with Crippen LogP contribution in [0.5, 0.6) is 0 Å². The van der Waals surface area contributed by atoms with Crippen molar-refractivity contribution in [2.45, 2.75) is 25.9 Å². The summed E-state index contributed by atoms with van der Waals surface area (Å²) < 4.78 is 0. The number of nitrogens with two attached hydrogens (primary N) is 2. The van der Waals surface area contributed by atoms with Crippen LogP contribution in [0.25, 0.3) is 0 Å². The fraction of sp³-hybridized carbons (Fsp3) is 0.333. The zero-order valence-electron chi connectivity index (χ0n) is 10.8. The molecule has 7 heteroatoms. The molecule has 0 saturated heterocycles. The van der Waals surface area contributed by atoms with Crippen LogP contribution in [0.3, 0.4) is 0 Å². The van der Waals surface area contributed by atoms with E-state index in [4.69, 9.17) is 11.5 Å². The van der Waals surface area contributed by atoms with Crippen LogP contribution in [0.4, 0.5) is 10.5 Å². The van der Waals surface area contributed by atoms with Crippen molar-refractivity contribution in [1.29, 1.82) is 0 Å². The summed E-state index contributed by atoms with van der Waals surface area (Å²) in [6.45, 7) is 3.48. The number of hydrogen-bond acceptors (Lipinski definition) is 3. The molecule has 1 unspecified atom stereocenters. The van der Waals surface area contributed by atoms with E-state index in [-0.39, 0.29) is 24.4 Å². The molecule has 0 heterocycles. The first-order valence-corrected chi connectivity index (χ1v) is 5.62. The maximum atomic E-state index is 11.4. The molecule has 0 fully saturated rings. The van der Waals surface area contributed by atoms with Gasteiger partial charge in [0.1, 0.15) is 0 Å². The third-order valence-electron chi connectivity index (χ3n) is 2.45. The molecule has 0 aliphatic rings. The minimum Gasteiger partial charge on any atom is -0.351 e. The van der Waals surface area contributed by atoms with Crippen molar-refractivity contribution in [3.05, 3.63) is 29.8 Å². The summed E-state index contributed by atoms with van der Waals surface area (Å²) in [4.78, 5) is 22.1. The predicted molar refractivity (Wildman–Crippen MR) is 77.1 cm³/mol. The zero-order chi connectivity index (χ0) is 13.7. The molecule has 0 aromatic heterocycles. The lowest BCUT2D eigenvalue weighted by Gasteiger charge is -2.16. The van der Waals surface area contributed by atoms with Crippen molar-refractivity contribution in [2.24, 2.45) is 11.5 Å². The smallest absolute Gasteiger partial charge is 0.316 e. The molecule has 6 nitrogen and oxygen atoms in total. The highest BCUT2D eigenvalue weighted by Gasteiger charge is 2.12. The second-order valence-corrected chi connectivity index (χ2v) is 4.13. The molecule has 106 valence electrons. The van der Waals surface area contributed by atoms with Crippen LogP contribution in [0.2, 0.25) is 0 Å². The Morgan fingerprint density at radius 2 is 1.68 bits per heavy atom. The van der Waals surface area contributed by atoms with E-state index in [9.17, 15) is 9.59 Å². The third-order valence-corrected chi connectivity index (χ3v) is 2.45. The van der Waals surface area contributed by atoms with Gasteiger partial charge < -0.3 is 22.1 Å². The number of hydrogen-bond donors (Lipinski definition) is 4. The number of rotatable bonds is 4. The van der Waals surface area contributed by atoms with Crippen molar-refractivity contribution in [3.8, 4) is 0 Å². The molecule has 1 aromatic carbocycles. The van der Waals surface area contributed by atoms with Crippen LogP contribution >= 0.6 is 12.4 Å². The Balaban J connectivity index is 0.00000324. The fourth-order valence-corrected chi connectivity index (χ4v) is 1.43. The van der Waals surface area contributed by atoms with Gasteiger partial charge in [-0.2, -0.15) is 0 Å². The molecule has 0 bridgehead atoms. The summed E-state index contributed by atoms with van der Waals surface area (Å²) in [7, 11) is 0. The van der Waals surface area contributed by atoms with Gasteiger partial charge in [0.05, 0.1) is 12.1 Å². The van der Waals surface area contributed by atoms with E-state index in [0.29, 0.717) is 5.69 Å². The second kappa shape index (κ2) is 7.60. The third kappa shape index (κ3) is 5.58. The van der Waals surface area contributed by atoms with E-state index in [1.807, 2.05) is 6.92 Å². The number of halogens is 1. The Morgan fingerprint density at radius 1 is 1.16 bits per heavy atom. The van der Waals surface area contributed by atoms with Gasteiger partial charge in [0, 0.05) is 5.69 Å². The predicted octanol–water partition coefficient (Wildman–Crippen LogP) is 1.12. The van der Waals surface area contributed by atoms with Crippen LogP contribution in [-0.2, 0) is 4.79 Å². The second-order valence-electron chi connectivity index (χ2n) is 4.13. The summed E-state index contributed by atoms with van der Waals surface area (Å²) in [5.74, 6) is -0.207. The lowest BCUT2D eigenvalue weighted by atomic mass is 10.1. The molecule has 0 aliphatic heterocycles. The SMILES string of the molecule is CC(NC(=O)[C@H](C)N)c1ccc(NC(N)=O)cc1.Cl. The van der Waals surface area contributed by atoms with Gasteiger partial charge in [0.25, 0.3) is 0 Å². The standard InChI is InChI=1S/C12H18N4O2.ClH/c1-7(13)11(17)15-8(2)9-3-5-10(6-4-9)16-12(14)18;/h3-8H,13H2,1-2H3,(H,15,17)(H3,14,16,18);1H/t7-,8?;/m0./s1. The van der Waals surface area contributed by atoms with E-state index in [2.05, 4.69) is 10.6 Å². The van der Waals surface area contributed by atoms with Crippen molar-refractivity contribution < 1.29 is 9.59 Å². The first kappa shape index (κ1) is 17.2. The van der Waals surface area contributed by atoms with E-state index < -0.39 is 12.1 Å². The van der Waals surface area contributed by atoms with Crippen LogP contribution in [-0.4, -0.2) is 18.0 Å². The summed E-state index contributed by atoms with van der Waals surface area (Å²) in [5.41, 5.74) is 12.0. The number of primary amides is 1. The number of amides is 3. The monoisotopic (exact) mass is 286 g/mol. The van der Waals surface area contributed by atoms with Crippen molar-refractivity contribution in [1.82, 2.24) is 5.32 Å². The summed E-state index contributed by atoms with van der Waals surface area (Å²) in [6, 6.07) is 5.74. The largest absolute Gasteiger partial charge is 0.351 e. The Bertz CT molecular complexity index is 434. The summed E-state index contributed by atoms with van der Waals surface area (Å²) in [6.07, 6.45) is 0. The molecule has 1 aromatic rings. The molecule has 1 rings (SSSR count). The van der Waals surface area contributed by atoms with Crippen LogP contribution < -0.4 is 22.1 Å². The first-order valence-electron chi connectivity index (χ1n) is 5.62. The number of carbonyl (C=O) groups excluding carboxylic acids is 2. The molecule has 0 aliphatic carbocycles. The maximum absolute atomic E-state index is 11.4. The van der Waals surface area contributed by atoms with Crippen LogP contribution in [0, 0.1) is 0 Å². The average molecular weight is 287 g/mol. The van der Waals surface area contributed by atoms with Gasteiger partial charge in [0.15, 0.2) is 0 Å². The topological polar surface area (TPSA) is 110 Å². The highest BCUT2D eigenvalue weighted by Crippen LogP contribution is 2.15. The van der Waals surface area contributed by atoms with E-state index in [1.165, 1.54) is 0 Å². The number of urea groups is 1. The molecule has 3 amide bonds. The van der Waals surface area contributed by atoms with E-state index in [0.717, 1.165) is 5.56 Å². The molecular weight excluding hydrogens is 268 g/mol. The molecule has 0 spiro atoms. The number of anilines is 1. The molecule has 0 radical (unpaired) electrons. The normalized spacial score (nSPS) is 12.8. The summed E-state index contributed by atoms with van der Waals surface area (Å²) >= 11 is 0. The van der Waals surface area contributed by atoms with Crippen LogP contribution in [0.1, 0.15) is 25.5 Å². The minimum absolute atomic E-state index is 0. The minimum atomic E-state index is -0.610. The fourth-order valence-electron chi connectivity index (χ4n) is 1.43. The number of carbonyl (C=O) groups is 2. The molecule has 19 heavy (non-hydrogen) atoms. The molecular formula is C12H19ClN4O2. The van der Waals surface area contributed by atoms with Crippen molar-refractivity contribution in [2.75, 3.05) is 5.32 Å². The summed E-state index contributed by atoms with van der Waals surface area (Å²) in [5, 5.41) is 5.24. The Hall–Kier alpha value is -1.79. The van der Waals surface area contributed by atoms with E-state index in [1.54, 1.807) is 31.2 Å². The van der Waals surface area contributed by atoms with Gasteiger partial charge in [-0.25, -0.2) is 4.79 Å². The average Bonchev–Trinajstić information content (AvgIpc) is 2.28. The first-order chi connectivity index (χ1) is 8.40. The van der Waals surface area contributed by atoms with Gasteiger partial charge in [-0.05, 0) is 31.5 Å². The Labute approximate surface area is 118 Å². The van der Waals surface area contributed by atoms with E-state index >= 15 is 0 Å². The zero-order valence-corrected chi connectivity index (χ0v) is 11.7.